The van der Waals surface area contributed by atoms with Crippen LogP contribution in [-0.2, 0) is 38.1 Å². The number of carbonyl (C=O) groups excluding carboxylic acids is 4. The molecule has 8 heteroatoms. The normalized spacial score (nSPS) is 12.0. The van der Waals surface area contributed by atoms with Crippen molar-refractivity contribution in [2.75, 3.05) is 0 Å². The van der Waals surface area contributed by atoms with Crippen LogP contribution in [0.3, 0.4) is 0 Å². The first-order valence-electron chi connectivity index (χ1n) is 38.6. The molecule has 0 heterocycles. The van der Waals surface area contributed by atoms with Gasteiger partial charge in [0.05, 0.1) is 0 Å². The maximum Gasteiger partial charge on any atom is 0.463 e. The van der Waals surface area contributed by atoms with E-state index in [2.05, 4.69) is 27.7 Å². The Morgan fingerprint density at radius 3 is 0.529 bits per heavy atom. The van der Waals surface area contributed by atoms with Gasteiger partial charge in [0.15, 0.2) is 0 Å². The second-order valence-corrected chi connectivity index (χ2v) is 26.6. The maximum atomic E-state index is 14.0. The van der Waals surface area contributed by atoms with Gasteiger partial charge in [-0.25, -0.2) is 0 Å². The van der Waals surface area contributed by atoms with Crippen LogP contribution in [0.5, 0.6) is 0 Å². The van der Waals surface area contributed by atoms with E-state index in [1.165, 1.54) is 283 Å². The molecule has 0 aliphatic carbocycles. The summed E-state index contributed by atoms with van der Waals surface area (Å²) in [6, 6.07) is 0. The monoisotopic (exact) mass is 1200 g/mol. The van der Waals surface area contributed by atoms with Gasteiger partial charge in [-0.15, -0.1) is 0 Å². The predicted octanol–water partition coefficient (Wildman–Crippen LogP) is 26.0. The molecule has 0 aliphatic rings. The molecule has 1 atom stereocenters. The summed E-state index contributed by atoms with van der Waals surface area (Å²) in [6.07, 6.45) is 73.2. The molecular weight excluding hydrogens is 1050 g/mol. The fourth-order valence-corrected chi connectivity index (χ4v) is 12.2. The van der Waals surface area contributed by atoms with Gasteiger partial charge in [-0.05, 0) is 32.1 Å². The van der Waals surface area contributed by atoms with Gasteiger partial charge < -0.3 is 18.9 Å². The fourth-order valence-electron chi connectivity index (χ4n) is 12.2. The topological polar surface area (TPSA) is 105 Å². The SMILES string of the molecule is CCCCCCCCCCCCCCCCCC(=O)OC(CCC)C(OC(=O)CCCCCCCCCCCCCCCCC)(OC(=O)CCCCCCCCCCCCCCCCC)OC(=O)CCCCCCCCCCCCCCCCC. The Balaban J connectivity index is 5.76. The molecular formula is C77H148O8. The van der Waals surface area contributed by atoms with Crippen molar-refractivity contribution in [2.24, 2.45) is 0 Å². The lowest BCUT2D eigenvalue weighted by Gasteiger charge is -2.36. The number of carbonyl (C=O) groups is 4. The number of hydrogen-bond donors (Lipinski definition) is 0. The third-order valence-electron chi connectivity index (χ3n) is 17.9. The summed E-state index contributed by atoms with van der Waals surface area (Å²) in [6.45, 7) is 11.0. The van der Waals surface area contributed by atoms with Crippen molar-refractivity contribution >= 4 is 23.9 Å². The Labute approximate surface area is 530 Å². The zero-order valence-corrected chi connectivity index (χ0v) is 58.0. The lowest BCUT2D eigenvalue weighted by atomic mass is 10.0. The van der Waals surface area contributed by atoms with Crippen molar-refractivity contribution in [2.45, 2.75) is 470 Å². The van der Waals surface area contributed by atoms with E-state index in [9.17, 15) is 19.2 Å². The van der Waals surface area contributed by atoms with Crippen LogP contribution in [0.1, 0.15) is 458 Å². The second kappa shape index (κ2) is 67.8. The summed E-state index contributed by atoms with van der Waals surface area (Å²) in [5.74, 6) is -4.74. The first-order chi connectivity index (χ1) is 41.8. The van der Waals surface area contributed by atoms with Crippen LogP contribution in [0.25, 0.3) is 0 Å². The lowest BCUT2D eigenvalue weighted by molar-refractivity contribution is -0.365. The van der Waals surface area contributed by atoms with Crippen molar-refractivity contribution < 1.29 is 38.1 Å². The van der Waals surface area contributed by atoms with Crippen molar-refractivity contribution in [3.05, 3.63) is 0 Å². The summed E-state index contributed by atoms with van der Waals surface area (Å²) in [5, 5.41) is 0. The van der Waals surface area contributed by atoms with Gasteiger partial charge in [-0.2, -0.15) is 0 Å². The van der Waals surface area contributed by atoms with Gasteiger partial charge >= 0.3 is 29.9 Å². The van der Waals surface area contributed by atoms with Crippen molar-refractivity contribution in [3.8, 4) is 0 Å². The van der Waals surface area contributed by atoms with Crippen LogP contribution in [0.2, 0.25) is 0 Å². The van der Waals surface area contributed by atoms with Crippen LogP contribution in [0.15, 0.2) is 0 Å². The molecule has 0 radical (unpaired) electrons. The van der Waals surface area contributed by atoms with E-state index >= 15 is 0 Å². The highest BCUT2D eigenvalue weighted by Gasteiger charge is 2.53. The van der Waals surface area contributed by atoms with Crippen LogP contribution in [-0.4, -0.2) is 36.0 Å². The van der Waals surface area contributed by atoms with Gasteiger partial charge in [0.1, 0.15) is 0 Å². The van der Waals surface area contributed by atoms with E-state index in [1.54, 1.807) is 0 Å². The Kier molecular flexibility index (Phi) is 66.1. The minimum atomic E-state index is -2.48. The number of unbranched alkanes of at least 4 members (excludes halogenated alkanes) is 56. The molecule has 0 aromatic carbocycles. The lowest BCUT2D eigenvalue weighted by Crippen LogP contribution is -2.55. The fraction of sp³-hybridized carbons (Fsp3) is 0.948. The van der Waals surface area contributed by atoms with E-state index in [0.717, 1.165) is 77.0 Å². The molecule has 0 aromatic rings. The van der Waals surface area contributed by atoms with Gasteiger partial charge in [0.25, 0.3) is 0 Å². The zero-order valence-electron chi connectivity index (χ0n) is 58.0. The Morgan fingerprint density at radius 2 is 0.365 bits per heavy atom. The molecule has 0 aliphatic heterocycles. The second-order valence-electron chi connectivity index (χ2n) is 26.6. The van der Waals surface area contributed by atoms with Crippen molar-refractivity contribution in [1.29, 1.82) is 0 Å². The molecule has 8 nitrogen and oxygen atoms in total. The van der Waals surface area contributed by atoms with Crippen LogP contribution >= 0.6 is 0 Å². The molecule has 0 amide bonds. The third-order valence-corrected chi connectivity index (χ3v) is 17.9. The molecule has 0 saturated heterocycles. The Hall–Kier alpha value is -2.12. The Bertz CT molecular complexity index is 1280. The Morgan fingerprint density at radius 1 is 0.212 bits per heavy atom. The first-order valence-corrected chi connectivity index (χ1v) is 38.6. The minimum Gasteiger partial charge on any atom is -0.449 e. The largest absolute Gasteiger partial charge is 0.463 e. The van der Waals surface area contributed by atoms with E-state index < -0.39 is 36.0 Å². The molecule has 0 bridgehead atoms. The molecule has 504 valence electrons. The molecule has 0 rings (SSSR count). The van der Waals surface area contributed by atoms with Gasteiger partial charge in [0.2, 0.25) is 6.10 Å². The minimum absolute atomic E-state index is 0.0963. The van der Waals surface area contributed by atoms with Gasteiger partial charge in [-0.3, -0.25) is 19.2 Å². The average Bonchev–Trinajstić information content (AvgIpc) is 3.31. The smallest absolute Gasteiger partial charge is 0.449 e. The number of hydrogen-bond acceptors (Lipinski definition) is 8. The summed E-state index contributed by atoms with van der Waals surface area (Å²) in [7, 11) is 0. The van der Waals surface area contributed by atoms with Crippen LogP contribution in [0, 0.1) is 0 Å². The van der Waals surface area contributed by atoms with Gasteiger partial charge in [-0.1, -0.05) is 401 Å². The number of esters is 4. The molecule has 0 spiro atoms. The zero-order chi connectivity index (χ0) is 61.9. The molecule has 85 heavy (non-hydrogen) atoms. The van der Waals surface area contributed by atoms with E-state index in [0.29, 0.717) is 32.1 Å². The quantitative estimate of drug-likeness (QED) is 0.0337. The van der Waals surface area contributed by atoms with Crippen LogP contribution < -0.4 is 0 Å². The molecule has 1 unspecified atom stereocenters. The highest BCUT2D eigenvalue weighted by atomic mass is 16.9. The van der Waals surface area contributed by atoms with E-state index in [4.69, 9.17) is 18.9 Å². The standard InChI is InChI=1S/C77H148O8/c1-6-11-15-19-23-27-31-35-39-43-47-51-55-59-63-68-73(78)82-72(67-10-5)77(83-74(79)69-64-60-56-52-48-44-40-36-32-28-24-20-16-12-7-2,84-75(80)70-65-61-57-53-49-45-41-37-33-29-25-21-17-13-8-3)85-76(81)71-66-62-58-54-50-46-42-38-34-30-26-22-18-14-9-4/h72H,6-71H2,1-5H3. The molecule has 0 saturated carbocycles. The molecule has 0 aromatic heterocycles. The number of ether oxygens (including phenoxy) is 4. The van der Waals surface area contributed by atoms with E-state index in [-0.39, 0.29) is 32.1 Å². The van der Waals surface area contributed by atoms with E-state index in [1.807, 2.05) is 6.92 Å². The summed E-state index contributed by atoms with van der Waals surface area (Å²) >= 11 is 0. The average molecular weight is 1200 g/mol. The highest BCUT2D eigenvalue weighted by molar-refractivity contribution is 5.74. The van der Waals surface area contributed by atoms with Crippen LogP contribution in [0.4, 0.5) is 0 Å². The maximum absolute atomic E-state index is 14.0. The summed E-state index contributed by atoms with van der Waals surface area (Å²) in [4.78, 5) is 56.0. The van der Waals surface area contributed by atoms with Crippen molar-refractivity contribution in [1.82, 2.24) is 0 Å². The van der Waals surface area contributed by atoms with Crippen molar-refractivity contribution in [3.63, 3.8) is 0 Å². The predicted molar refractivity (Wildman–Crippen MR) is 364 cm³/mol. The summed E-state index contributed by atoms with van der Waals surface area (Å²) < 4.78 is 24.8. The molecule has 0 N–H and O–H groups in total. The molecule has 0 fully saturated rings. The summed E-state index contributed by atoms with van der Waals surface area (Å²) in [5.41, 5.74) is 0. The van der Waals surface area contributed by atoms with Gasteiger partial charge in [0, 0.05) is 25.7 Å². The third kappa shape index (κ3) is 59.3. The highest BCUT2D eigenvalue weighted by Crippen LogP contribution is 2.31. The first kappa shape index (κ1) is 82.9. The number of rotatable bonds is 71.